The van der Waals surface area contributed by atoms with Gasteiger partial charge < -0.3 is 9.47 Å². The lowest BCUT2D eigenvalue weighted by Crippen LogP contribution is -2.42. The molecule has 2 amide bonds. The van der Waals surface area contributed by atoms with Gasteiger partial charge in [0.25, 0.3) is 11.8 Å². The summed E-state index contributed by atoms with van der Waals surface area (Å²) in [6.45, 7) is 5.84. The van der Waals surface area contributed by atoms with Crippen molar-refractivity contribution in [2.24, 2.45) is 0 Å². The van der Waals surface area contributed by atoms with Gasteiger partial charge in [-0.15, -0.1) is 0 Å². The molecule has 0 fully saturated rings. The number of methoxy groups -OCH3 is 1. The van der Waals surface area contributed by atoms with Crippen LogP contribution in [0, 0.1) is 6.92 Å². The first kappa shape index (κ1) is 22.4. The van der Waals surface area contributed by atoms with E-state index in [2.05, 4.69) is 16.0 Å². The van der Waals surface area contributed by atoms with Gasteiger partial charge in [-0.2, -0.15) is 5.10 Å². The highest BCUT2D eigenvalue weighted by Gasteiger charge is 2.27. The van der Waals surface area contributed by atoms with Gasteiger partial charge in [0.1, 0.15) is 0 Å². The number of ether oxygens (including phenoxy) is 2. The van der Waals surface area contributed by atoms with Crippen molar-refractivity contribution in [2.45, 2.75) is 46.1 Å². The number of aryl methyl sites for hydroxylation is 1. The molecular formula is C25H28N4O4. The number of hydrogen-bond acceptors (Lipinski definition) is 5. The summed E-state index contributed by atoms with van der Waals surface area (Å²) in [6.07, 6.45) is 2.59. The molecule has 2 aromatic carbocycles. The van der Waals surface area contributed by atoms with Crippen LogP contribution in [0.25, 0.3) is 5.69 Å². The Morgan fingerprint density at radius 1 is 1.03 bits per heavy atom. The molecular weight excluding hydrogens is 420 g/mol. The Hall–Kier alpha value is -3.81. The van der Waals surface area contributed by atoms with Crippen molar-refractivity contribution in [3.8, 4) is 17.2 Å². The highest BCUT2D eigenvalue weighted by atomic mass is 16.5. The van der Waals surface area contributed by atoms with Gasteiger partial charge in [0.15, 0.2) is 17.2 Å². The van der Waals surface area contributed by atoms with Crippen LogP contribution in [0.2, 0.25) is 0 Å². The number of hydrazine groups is 1. The molecule has 1 heterocycles. The SMILES string of the molecule is COc1cc(C(=O)NNC(=O)c2nn(-c3ccccc3C)c3c2CCC3)ccc1OC(C)C. The molecule has 1 aromatic heterocycles. The minimum absolute atomic E-state index is 0.0286. The molecule has 0 unspecified atom stereocenters. The van der Waals surface area contributed by atoms with E-state index >= 15 is 0 Å². The predicted molar refractivity (Wildman–Crippen MR) is 124 cm³/mol. The number of hydrogen-bond donors (Lipinski definition) is 2. The second-order valence-corrected chi connectivity index (χ2v) is 8.27. The van der Waals surface area contributed by atoms with Gasteiger partial charge in [-0.1, -0.05) is 18.2 Å². The largest absolute Gasteiger partial charge is 0.493 e. The van der Waals surface area contributed by atoms with Crippen LogP contribution in [0.5, 0.6) is 11.5 Å². The van der Waals surface area contributed by atoms with E-state index in [1.165, 1.54) is 7.11 Å². The van der Waals surface area contributed by atoms with Crippen LogP contribution in [0.15, 0.2) is 42.5 Å². The van der Waals surface area contributed by atoms with Gasteiger partial charge >= 0.3 is 0 Å². The average Bonchev–Trinajstić information content (AvgIpc) is 3.40. The van der Waals surface area contributed by atoms with Gasteiger partial charge in [0.2, 0.25) is 0 Å². The lowest BCUT2D eigenvalue weighted by atomic mass is 10.2. The zero-order valence-electron chi connectivity index (χ0n) is 19.3. The monoisotopic (exact) mass is 448 g/mol. The minimum atomic E-state index is -0.465. The number of nitrogens with one attached hydrogen (secondary N) is 2. The molecule has 172 valence electrons. The van der Waals surface area contributed by atoms with Crippen LogP contribution in [0.3, 0.4) is 0 Å². The molecule has 0 atom stereocenters. The molecule has 0 radical (unpaired) electrons. The Bertz CT molecular complexity index is 1200. The number of aromatic nitrogens is 2. The summed E-state index contributed by atoms with van der Waals surface area (Å²) in [7, 11) is 1.51. The third kappa shape index (κ3) is 4.55. The second kappa shape index (κ2) is 9.36. The molecule has 0 bridgehead atoms. The third-order valence-electron chi connectivity index (χ3n) is 5.57. The van der Waals surface area contributed by atoms with E-state index in [1.54, 1.807) is 18.2 Å². The molecule has 33 heavy (non-hydrogen) atoms. The summed E-state index contributed by atoms with van der Waals surface area (Å²) in [5.74, 6) is 0.0798. The molecule has 0 spiro atoms. The van der Waals surface area contributed by atoms with E-state index in [0.717, 1.165) is 41.8 Å². The standard InChI is InChI=1S/C25H28N4O4/c1-15(2)33-21-13-12-17(14-22(21)32-4)24(30)26-27-25(31)23-18-9-7-11-20(18)29(28-23)19-10-6-5-8-16(19)3/h5-6,8,10,12-15H,7,9,11H2,1-4H3,(H,26,30)(H,27,31). The summed E-state index contributed by atoms with van der Waals surface area (Å²) in [5, 5.41) is 4.60. The number of para-hydroxylation sites is 1. The fourth-order valence-electron chi connectivity index (χ4n) is 4.03. The van der Waals surface area contributed by atoms with E-state index in [1.807, 2.05) is 49.7 Å². The predicted octanol–water partition coefficient (Wildman–Crippen LogP) is 3.54. The smallest absolute Gasteiger partial charge is 0.290 e. The first-order chi connectivity index (χ1) is 15.9. The molecule has 2 N–H and O–H groups in total. The zero-order valence-corrected chi connectivity index (χ0v) is 19.3. The highest BCUT2D eigenvalue weighted by molar-refractivity contribution is 5.99. The van der Waals surface area contributed by atoms with Gasteiger partial charge in [0.05, 0.1) is 18.9 Å². The number of carbonyl (C=O) groups excluding carboxylic acids is 2. The van der Waals surface area contributed by atoms with Gasteiger partial charge in [0, 0.05) is 16.8 Å². The Kier molecular flexibility index (Phi) is 6.35. The Balaban J connectivity index is 1.50. The summed E-state index contributed by atoms with van der Waals surface area (Å²) >= 11 is 0. The van der Waals surface area contributed by atoms with E-state index < -0.39 is 11.8 Å². The quantitative estimate of drug-likeness (QED) is 0.563. The number of rotatable bonds is 6. The maximum Gasteiger partial charge on any atom is 0.290 e. The molecule has 8 heteroatoms. The van der Waals surface area contributed by atoms with Crippen molar-refractivity contribution in [2.75, 3.05) is 7.11 Å². The molecule has 8 nitrogen and oxygen atoms in total. The normalized spacial score (nSPS) is 12.4. The first-order valence-electron chi connectivity index (χ1n) is 11.0. The lowest BCUT2D eigenvalue weighted by molar-refractivity contribution is 0.0843. The maximum absolute atomic E-state index is 12.9. The average molecular weight is 449 g/mol. The van der Waals surface area contributed by atoms with Crippen LogP contribution in [-0.2, 0) is 12.8 Å². The molecule has 3 aromatic rings. The first-order valence-corrected chi connectivity index (χ1v) is 11.0. The number of benzene rings is 2. The van der Waals surface area contributed by atoms with Crippen molar-refractivity contribution < 1.29 is 19.1 Å². The topological polar surface area (TPSA) is 94.5 Å². The molecule has 0 aliphatic heterocycles. The van der Waals surface area contributed by atoms with Gasteiger partial charge in [-0.05, 0) is 69.9 Å². The molecule has 1 aliphatic rings. The van der Waals surface area contributed by atoms with Crippen molar-refractivity contribution >= 4 is 11.8 Å². The number of carbonyl (C=O) groups is 2. The second-order valence-electron chi connectivity index (χ2n) is 8.27. The molecule has 4 rings (SSSR count). The van der Waals surface area contributed by atoms with Crippen molar-refractivity contribution in [3.05, 3.63) is 70.5 Å². The van der Waals surface area contributed by atoms with E-state index in [4.69, 9.17) is 9.47 Å². The Morgan fingerprint density at radius 2 is 1.79 bits per heavy atom. The van der Waals surface area contributed by atoms with Crippen LogP contribution in [-0.4, -0.2) is 34.8 Å². The molecule has 0 saturated heterocycles. The molecule has 0 saturated carbocycles. The van der Waals surface area contributed by atoms with E-state index in [-0.39, 0.29) is 6.10 Å². The van der Waals surface area contributed by atoms with Crippen LogP contribution >= 0.6 is 0 Å². The van der Waals surface area contributed by atoms with Crippen LogP contribution in [0.4, 0.5) is 0 Å². The summed E-state index contributed by atoms with van der Waals surface area (Å²) in [6, 6.07) is 12.8. The summed E-state index contributed by atoms with van der Waals surface area (Å²) in [5.41, 5.74) is 9.66. The summed E-state index contributed by atoms with van der Waals surface area (Å²) in [4.78, 5) is 25.6. The van der Waals surface area contributed by atoms with Crippen molar-refractivity contribution in [3.63, 3.8) is 0 Å². The highest BCUT2D eigenvalue weighted by Crippen LogP contribution is 2.30. The van der Waals surface area contributed by atoms with Crippen LogP contribution < -0.4 is 20.3 Å². The Labute approximate surface area is 192 Å². The lowest BCUT2D eigenvalue weighted by Gasteiger charge is -2.14. The fraction of sp³-hybridized carbons (Fsp3) is 0.320. The number of nitrogens with zero attached hydrogens (tertiary/aromatic N) is 2. The van der Waals surface area contributed by atoms with Crippen LogP contribution in [0.1, 0.15) is 57.9 Å². The maximum atomic E-state index is 12.9. The minimum Gasteiger partial charge on any atom is -0.493 e. The third-order valence-corrected chi connectivity index (χ3v) is 5.57. The van der Waals surface area contributed by atoms with E-state index in [9.17, 15) is 9.59 Å². The number of amides is 2. The summed E-state index contributed by atoms with van der Waals surface area (Å²) < 4.78 is 12.9. The van der Waals surface area contributed by atoms with Crippen molar-refractivity contribution in [1.82, 2.24) is 20.6 Å². The fourth-order valence-corrected chi connectivity index (χ4v) is 4.03. The number of fused-ring (bicyclic) bond motifs is 1. The molecule has 1 aliphatic carbocycles. The zero-order chi connectivity index (χ0) is 23.5. The van der Waals surface area contributed by atoms with Gasteiger partial charge in [-0.3, -0.25) is 20.4 Å². The van der Waals surface area contributed by atoms with Crippen molar-refractivity contribution in [1.29, 1.82) is 0 Å². The Morgan fingerprint density at radius 3 is 2.52 bits per heavy atom. The van der Waals surface area contributed by atoms with E-state index in [0.29, 0.717) is 22.8 Å². The van der Waals surface area contributed by atoms with Gasteiger partial charge in [-0.25, -0.2) is 4.68 Å².